The molecule has 5 heterocycles. The number of carbonyl (C=O) groups excluding carboxylic acids is 1. The van der Waals surface area contributed by atoms with Gasteiger partial charge in [-0.15, -0.1) is 0 Å². The number of amides is 1. The average Bonchev–Trinajstić information content (AvgIpc) is 3.43. The number of nitrogens with one attached hydrogen (secondary N) is 1. The standard InChI is InChI=1S/C26H27N7O2/c1-32-6-5-22(31-32)23-8-18(7-17-3-4-21(27-12-17)19-13-28-33(2)14-19)9-24(30-23)25(34)29-20-10-26(11-20)15-35-16-26/h3-6,8-9,12-14,20H,7,10-11,15-16H2,1-2H3,(H,29,34). The third kappa shape index (κ3) is 4.35. The van der Waals surface area contributed by atoms with Crippen molar-refractivity contribution < 1.29 is 9.53 Å². The van der Waals surface area contributed by atoms with E-state index in [9.17, 15) is 4.79 Å². The van der Waals surface area contributed by atoms with Gasteiger partial charge in [0, 0.05) is 49.7 Å². The van der Waals surface area contributed by atoms with E-state index in [0.29, 0.717) is 23.2 Å². The Bertz CT molecular complexity index is 1380. The molecule has 2 aliphatic rings. The van der Waals surface area contributed by atoms with Gasteiger partial charge in [-0.1, -0.05) is 6.07 Å². The zero-order valence-electron chi connectivity index (χ0n) is 19.8. The molecule has 2 fully saturated rings. The molecule has 178 valence electrons. The monoisotopic (exact) mass is 469 g/mol. The van der Waals surface area contributed by atoms with E-state index in [4.69, 9.17) is 4.74 Å². The molecule has 6 rings (SSSR count). The Hall–Kier alpha value is -3.85. The van der Waals surface area contributed by atoms with Gasteiger partial charge in [0.25, 0.3) is 5.91 Å². The third-order valence-corrected chi connectivity index (χ3v) is 6.84. The first-order valence-corrected chi connectivity index (χ1v) is 11.8. The number of hydrogen-bond acceptors (Lipinski definition) is 6. The third-order valence-electron chi connectivity index (χ3n) is 6.84. The Balaban J connectivity index is 1.24. The number of nitrogens with zero attached hydrogens (tertiary/aromatic N) is 6. The van der Waals surface area contributed by atoms with Crippen molar-refractivity contribution in [3.63, 3.8) is 0 Å². The second kappa shape index (κ2) is 8.42. The van der Waals surface area contributed by atoms with Crippen molar-refractivity contribution in [2.24, 2.45) is 19.5 Å². The molecule has 1 aliphatic heterocycles. The number of hydrogen-bond donors (Lipinski definition) is 1. The van der Waals surface area contributed by atoms with Crippen molar-refractivity contribution in [1.82, 2.24) is 34.8 Å². The fourth-order valence-electron chi connectivity index (χ4n) is 4.95. The van der Waals surface area contributed by atoms with Crippen LogP contribution in [0.2, 0.25) is 0 Å². The van der Waals surface area contributed by atoms with E-state index in [1.807, 2.05) is 57.0 Å². The highest BCUT2D eigenvalue weighted by Crippen LogP contribution is 2.46. The highest BCUT2D eigenvalue weighted by molar-refractivity contribution is 5.93. The van der Waals surface area contributed by atoms with Gasteiger partial charge in [0.2, 0.25) is 0 Å². The lowest BCUT2D eigenvalue weighted by atomic mass is 9.64. The van der Waals surface area contributed by atoms with E-state index in [1.165, 1.54) is 0 Å². The fraction of sp³-hybridized carbons (Fsp3) is 0.346. The van der Waals surface area contributed by atoms with Gasteiger partial charge in [0.15, 0.2) is 0 Å². The molecular weight excluding hydrogens is 442 g/mol. The Labute approximate surface area is 203 Å². The maximum absolute atomic E-state index is 13.1. The normalized spacial score (nSPS) is 16.6. The molecule has 9 heteroatoms. The van der Waals surface area contributed by atoms with Gasteiger partial charge in [-0.25, -0.2) is 4.98 Å². The lowest BCUT2D eigenvalue weighted by molar-refractivity contribution is -0.165. The summed E-state index contributed by atoms with van der Waals surface area (Å²) >= 11 is 0. The summed E-state index contributed by atoms with van der Waals surface area (Å²) in [6, 6.07) is 10.0. The number of aryl methyl sites for hydroxylation is 2. The van der Waals surface area contributed by atoms with Crippen LogP contribution in [0.4, 0.5) is 0 Å². The minimum absolute atomic E-state index is 0.144. The molecule has 0 unspecified atom stereocenters. The van der Waals surface area contributed by atoms with Gasteiger partial charge in [0.05, 0.1) is 30.8 Å². The van der Waals surface area contributed by atoms with Crippen molar-refractivity contribution >= 4 is 5.91 Å². The maximum atomic E-state index is 13.1. The molecule has 1 spiro atoms. The van der Waals surface area contributed by atoms with Crippen LogP contribution in [0, 0.1) is 5.41 Å². The summed E-state index contributed by atoms with van der Waals surface area (Å²) in [7, 11) is 3.76. The molecule has 0 bridgehead atoms. The summed E-state index contributed by atoms with van der Waals surface area (Å²) in [6.45, 7) is 1.62. The minimum Gasteiger partial charge on any atom is -0.380 e. The minimum atomic E-state index is -0.144. The Kier molecular flexibility index (Phi) is 5.21. The fourth-order valence-corrected chi connectivity index (χ4v) is 4.95. The van der Waals surface area contributed by atoms with Crippen LogP contribution in [-0.4, -0.2) is 54.7 Å². The van der Waals surface area contributed by atoms with Crippen molar-refractivity contribution in [2.45, 2.75) is 25.3 Å². The van der Waals surface area contributed by atoms with E-state index in [2.05, 4.69) is 31.5 Å². The highest BCUT2D eigenvalue weighted by Gasteiger charge is 2.50. The first-order valence-electron chi connectivity index (χ1n) is 11.8. The van der Waals surface area contributed by atoms with Crippen LogP contribution in [0.3, 0.4) is 0 Å². The highest BCUT2D eigenvalue weighted by atomic mass is 16.5. The second-order valence-corrected chi connectivity index (χ2v) is 9.82. The second-order valence-electron chi connectivity index (χ2n) is 9.82. The molecule has 35 heavy (non-hydrogen) atoms. The van der Waals surface area contributed by atoms with Crippen LogP contribution in [0.25, 0.3) is 22.6 Å². The molecule has 0 atom stereocenters. The SMILES string of the molecule is Cn1cc(-c2ccc(Cc3cc(C(=O)NC4CC5(COC5)C4)nc(-c4ccn(C)n4)c3)cn2)cn1. The van der Waals surface area contributed by atoms with Gasteiger partial charge in [-0.2, -0.15) is 10.2 Å². The summed E-state index contributed by atoms with van der Waals surface area (Å²) in [6.07, 6.45) is 10.1. The number of aromatic nitrogens is 6. The molecule has 1 aliphatic carbocycles. The van der Waals surface area contributed by atoms with E-state index in [-0.39, 0.29) is 11.9 Å². The molecule has 9 nitrogen and oxygen atoms in total. The zero-order chi connectivity index (χ0) is 24.0. The van der Waals surface area contributed by atoms with Crippen LogP contribution >= 0.6 is 0 Å². The number of pyridine rings is 2. The first kappa shape index (κ1) is 21.7. The summed E-state index contributed by atoms with van der Waals surface area (Å²) in [5.41, 5.74) is 6.02. The molecule has 1 amide bonds. The van der Waals surface area contributed by atoms with Crippen LogP contribution in [0.5, 0.6) is 0 Å². The topological polar surface area (TPSA) is 99.8 Å². The summed E-state index contributed by atoms with van der Waals surface area (Å²) < 4.78 is 8.84. The van der Waals surface area contributed by atoms with Crippen molar-refractivity contribution in [3.8, 4) is 22.6 Å². The van der Waals surface area contributed by atoms with E-state index in [0.717, 1.165) is 54.1 Å². The zero-order valence-corrected chi connectivity index (χ0v) is 19.8. The van der Waals surface area contributed by atoms with E-state index in [1.54, 1.807) is 15.6 Å². The largest absolute Gasteiger partial charge is 0.380 e. The summed E-state index contributed by atoms with van der Waals surface area (Å²) in [4.78, 5) is 22.4. The first-order chi connectivity index (χ1) is 16.9. The van der Waals surface area contributed by atoms with Crippen LogP contribution in [-0.2, 0) is 25.3 Å². The van der Waals surface area contributed by atoms with Crippen LogP contribution in [0.15, 0.2) is 55.1 Å². The lowest BCUT2D eigenvalue weighted by Crippen LogP contribution is -2.59. The van der Waals surface area contributed by atoms with Crippen LogP contribution in [0.1, 0.15) is 34.5 Å². The van der Waals surface area contributed by atoms with Crippen molar-refractivity contribution in [2.75, 3.05) is 13.2 Å². The van der Waals surface area contributed by atoms with Crippen molar-refractivity contribution in [1.29, 1.82) is 0 Å². The Morgan fingerprint density at radius 1 is 1.06 bits per heavy atom. The lowest BCUT2D eigenvalue weighted by Gasteiger charge is -2.53. The smallest absolute Gasteiger partial charge is 0.270 e. The van der Waals surface area contributed by atoms with Gasteiger partial charge in [0.1, 0.15) is 11.4 Å². The van der Waals surface area contributed by atoms with Crippen LogP contribution < -0.4 is 5.32 Å². The quantitative estimate of drug-likeness (QED) is 0.466. The molecule has 4 aromatic heterocycles. The molecule has 0 radical (unpaired) electrons. The molecule has 1 saturated carbocycles. The van der Waals surface area contributed by atoms with Gasteiger partial charge in [-0.05, 0) is 54.7 Å². The molecule has 1 saturated heterocycles. The van der Waals surface area contributed by atoms with E-state index >= 15 is 0 Å². The van der Waals surface area contributed by atoms with Gasteiger partial charge < -0.3 is 10.1 Å². The van der Waals surface area contributed by atoms with Gasteiger partial charge >= 0.3 is 0 Å². The Morgan fingerprint density at radius 3 is 2.54 bits per heavy atom. The van der Waals surface area contributed by atoms with E-state index < -0.39 is 0 Å². The average molecular weight is 470 g/mol. The molecule has 4 aromatic rings. The predicted octanol–water partition coefficient (Wildman–Crippen LogP) is 2.78. The molecule has 0 aromatic carbocycles. The Morgan fingerprint density at radius 2 is 1.91 bits per heavy atom. The van der Waals surface area contributed by atoms with Gasteiger partial charge in [-0.3, -0.25) is 19.1 Å². The summed E-state index contributed by atoms with van der Waals surface area (Å²) in [5.74, 6) is -0.144. The number of ether oxygens (including phenoxy) is 1. The summed E-state index contributed by atoms with van der Waals surface area (Å²) in [5, 5.41) is 11.9. The molecular formula is C26H27N7O2. The number of carbonyl (C=O) groups is 1. The predicted molar refractivity (Wildman–Crippen MR) is 129 cm³/mol. The number of rotatable bonds is 6. The maximum Gasteiger partial charge on any atom is 0.270 e. The molecule has 1 N–H and O–H groups in total. The van der Waals surface area contributed by atoms with Crippen molar-refractivity contribution in [3.05, 3.63) is 71.9 Å².